The maximum Gasteiger partial charge on any atom is 0.233 e. The molecule has 0 saturated carbocycles. The van der Waals surface area contributed by atoms with Crippen LogP contribution in [0.25, 0.3) is 0 Å². The number of carbonyl (C=O) groups is 1. The first kappa shape index (κ1) is 12.9. The lowest BCUT2D eigenvalue weighted by Crippen LogP contribution is -2.32. The van der Waals surface area contributed by atoms with Gasteiger partial charge in [0, 0.05) is 24.2 Å². The lowest BCUT2D eigenvalue weighted by molar-refractivity contribution is -0.121. The zero-order chi connectivity index (χ0) is 12.1. The smallest absolute Gasteiger partial charge is 0.233 e. The first-order chi connectivity index (χ1) is 7.54. The molecule has 0 aliphatic carbocycles. The van der Waals surface area contributed by atoms with Crippen molar-refractivity contribution in [1.82, 2.24) is 10.2 Å². The Bertz CT molecular complexity index is 364. The average molecular weight is 245 g/mol. The van der Waals surface area contributed by atoms with Gasteiger partial charge in [0.25, 0.3) is 0 Å². The average Bonchev–Trinajstić information content (AvgIpc) is 2.23. The molecule has 0 aliphatic rings. The molecule has 1 aromatic rings. The standard InChI is InChI=1S/C11H14ClFN2O/c1-14-11(16)7-15(2)6-8-9(12)4-3-5-10(8)13/h3-5H,6-7H2,1-2H3,(H,14,16). The molecule has 1 aromatic carbocycles. The molecule has 0 saturated heterocycles. The monoisotopic (exact) mass is 244 g/mol. The molecule has 5 heteroatoms. The van der Waals surface area contributed by atoms with Crippen LogP contribution >= 0.6 is 11.6 Å². The molecule has 0 heterocycles. The Labute approximate surface area is 99.2 Å². The number of carbonyl (C=O) groups excluding carboxylic acids is 1. The molecule has 0 unspecified atom stereocenters. The largest absolute Gasteiger partial charge is 0.358 e. The first-order valence-electron chi connectivity index (χ1n) is 4.86. The minimum absolute atomic E-state index is 0.116. The highest BCUT2D eigenvalue weighted by Crippen LogP contribution is 2.20. The molecule has 0 aliphatic heterocycles. The Morgan fingerprint density at radius 1 is 1.56 bits per heavy atom. The van der Waals surface area contributed by atoms with Crippen LogP contribution in [0.15, 0.2) is 18.2 Å². The number of benzene rings is 1. The maximum absolute atomic E-state index is 13.4. The van der Waals surface area contributed by atoms with Crippen molar-refractivity contribution in [3.63, 3.8) is 0 Å². The predicted molar refractivity (Wildman–Crippen MR) is 61.8 cm³/mol. The maximum atomic E-state index is 13.4. The zero-order valence-electron chi connectivity index (χ0n) is 9.26. The third-order valence-electron chi connectivity index (χ3n) is 2.18. The van der Waals surface area contributed by atoms with Crippen LogP contribution in [0.3, 0.4) is 0 Å². The lowest BCUT2D eigenvalue weighted by Gasteiger charge is -2.16. The number of likely N-dealkylation sites (N-methyl/N-ethyl adjacent to an activating group) is 2. The Balaban J connectivity index is 2.69. The van der Waals surface area contributed by atoms with Gasteiger partial charge in [0.2, 0.25) is 5.91 Å². The summed E-state index contributed by atoms with van der Waals surface area (Å²) in [5.74, 6) is -0.466. The van der Waals surface area contributed by atoms with Crippen molar-refractivity contribution < 1.29 is 9.18 Å². The fourth-order valence-electron chi connectivity index (χ4n) is 1.33. The van der Waals surface area contributed by atoms with Crippen LogP contribution in [-0.4, -0.2) is 31.4 Å². The Morgan fingerprint density at radius 3 is 2.81 bits per heavy atom. The van der Waals surface area contributed by atoms with Crippen molar-refractivity contribution in [1.29, 1.82) is 0 Å². The van der Waals surface area contributed by atoms with Gasteiger partial charge >= 0.3 is 0 Å². The highest BCUT2D eigenvalue weighted by Gasteiger charge is 2.11. The van der Waals surface area contributed by atoms with E-state index in [1.807, 2.05) is 0 Å². The molecule has 3 nitrogen and oxygen atoms in total. The number of halogens is 2. The summed E-state index contributed by atoms with van der Waals surface area (Å²) in [6.45, 7) is 0.514. The molecule has 88 valence electrons. The van der Waals surface area contributed by atoms with Crippen LogP contribution < -0.4 is 5.32 Å². The number of rotatable bonds is 4. The van der Waals surface area contributed by atoms with Gasteiger partial charge in [-0.05, 0) is 19.2 Å². The normalized spacial score (nSPS) is 10.6. The van der Waals surface area contributed by atoms with Crippen molar-refractivity contribution in [2.45, 2.75) is 6.54 Å². The second kappa shape index (κ2) is 5.82. The van der Waals surface area contributed by atoms with Gasteiger partial charge in [0.1, 0.15) is 5.82 Å². The summed E-state index contributed by atoms with van der Waals surface area (Å²) < 4.78 is 13.4. The van der Waals surface area contributed by atoms with E-state index in [-0.39, 0.29) is 18.3 Å². The summed E-state index contributed by atoms with van der Waals surface area (Å²) >= 11 is 5.88. The molecule has 0 bridgehead atoms. The van der Waals surface area contributed by atoms with E-state index in [9.17, 15) is 9.18 Å². The second-order valence-electron chi connectivity index (χ2n) is 3.55. The Kier molecular flexibility index (Phi) is 4.71. The summed E-state index contributed by atoms with van der Waals surface area (Å²) in [4.78, 5) is 12.8. The third kappa shape index (κ3) is 3.47. The summed E-state index contributed by atoms with van der Waals surface area (Å²) in [7, 11) is 3.30. The molecule has 1 rings (SSSR count). The number of nitrogens with zero attached hydrogens (tertiary/aromatic N) is 1. The van der Waals surface area contributed by atoms with Crippen LogP contribution in [0.4, 0.5) is 4.39 Å². The second-order valence-corrected chi connectivity index (χ2v) is 3.95. The molecular weight excluding hydrogens is 231 g/mol. The highest BCUT2D eigenvalue weighted by molar-refractivity contribution is 6.31. The fraction of sp³-hybridized carbons (Fsp3) is 0.364. The van der Waals surface area contributed by atoms with Crippen molar-refractivity contribution >= 4 is 17.5 Å². The number of hydrogen-bond donors (Lipinski definition) is 1. The van der Waals surface area contributed by atoms with Crippen molar-refractivity contribution in [2.24, 2.45) is 0 Å². The third-order valence-corrected chi connectivity index (χ3v) is 2.54. The van der Waals surface area contributed by atoms with E-state index in [2.05, 4.69) is 5.32 Å². The van der Waals surface area contributed by atoms with Crippen LogP contribution in [0.2, 0.25) is 5.02 Å². The van der Waals surface area contributed by atoms with Gasteiger partial charge in [0.05, 0.1) is 6.54 Å². The Morgan fingerprint density at radius 2 is 2.25 bits per heavy atom. The van der Waals surface area contributed by atoms with Crippen molar-refractivity contribution in [2.75, 3.05) is 20.6 Å². The van der Waals surface area contributed by atoms with E-state index in [0.717, 1.165) is 0 Å². The van der Waals surface area contributed by atoms with Crippen LogP contribution in [-0.2, 0) is 11.3 Å². The van der Waals surface area contributed by atoms with Crippen LogP contribution in [0.1, 0.15) is 5.56 Å². The molecule has 0 spiro atoms. The summed E-state index contributed by atoms with van der Waals surface area (Å²) in [5, 5.41) is 2.88. The first-order valence-corrected chi connectivity index (χ1v) is 5.24. The molecule has 1 amide bonds. The van der Waals surface area contributed by atoms with Crippen LogP contribution in [0, 0.1) is 5.82 Å². The quantitative estimate of drug-likeness (QED) is 0.874. The van der Waals surface area contributed by atoms with Crippen LogP contribution in [0.5, 0.6) is 0 Å². The fourth-order valence-corrected chi connectivity index (χ4v) is 1.56. The van der Waals surface area contributed by atoms with Gasteiger partial charge < -0.3 is 5.32 Å². The minimum atomic E-state index is -0.351. The van der Waals surface area contributed by atoms with Gasteiger partial charge in [-0.25, -0.2) is 4.39 Å². The highest BCUT2D eigenvalue weighted by atomic mass is 35.5. The number of nitrogens with one attached hydrogen (secondary N) is 1. The number of amides is 1. The van der Waals surface area contributed by atoms with E-state index in [1.165, 1.54) is 6.07 Å². The van der Waals surface area contributed by atoms with E-state index in [0.29, 0.717) is 17.1 Å². The minimum Gasteiger partial charge on any atom is -0.358 e. The molecular formula is C11H14ClFN2O. The molecule has 1 N–H and O–H groups in total. The van der Waals surface area contributed by atoms with E-state index in [4.69, 9.17) is 11.6 Å². The van der Waals surface area contributed by atoms with E-state index in [1.54, 1.807) is 31.1 Å². The van der Waals surface area contributed by atoms with Gasteiger partial charge in [-0.3, -0.25) is 9.69 Å². The topological polar surface area (TPSA) is 32.3 Å². The summed E-state index contributed by atoms with van der Waals surface area (Å²) in [6.07, 6.45) is 0. The van der Waals surface area contributed by atoms with Gasteiger partial charge in [-0.15, -0.1) is 0 Å². The summed E-state index contributed by atoms with van der Waals surface area (Å²) in [5.41, 5.74) is 0.413. The Hall–Kier alpha value is -1.13. The van der Waals surface area contributed by atoms with Gasteiger partial charge in [0.15, 0.2) is 0 Å². The van der Waals surface area contributed by atoms with Crippen molar-refractivity contribution in [3.05, 3.63) is 34.6 Å². The lowest BCUT2D eigenvalue weighted by atomic mass is 10.2. The van der Waals surface area contributed by atoms with E-state index >= 15 is 0 Å². The SMILES string of the molecule is CNC(=O)CN(C)Cc1c(F)cccc1Cl. The molecule has 0 fully saturated rings. The predicted octanol–water partition coefficient (Wildman–Crippen LogP) is 1.66. The molecule has 16 heavy (non-hydrogen) atoms. The molecule has 0 aromatic heterocycles. The molecule has 0 atom stereocenters. The molecule has 0 radical (unpaired) electrons. The van der Waals surface area contributed by atoms with Gasteiger partial charge in [-0.1, -0.05) is 17.7 Å². The summed E-state index contributed by atoms with van der Waals surface area (Å²) in [6, 6.07) is 4.54. The number of hydrogen-bond acceptors (Lipinski definition) is 2. The van der Waals surface area contributed by atoms with E-state index < -0.39 is 0 Å². The zero-order valence-corrected chi connectivity index (χ0v) is 10.0. The van der Waals surface area contributed by atoms with Gasteiger partial charge in [-0.2, -0.15) is 0 Å². The van der Waals surface area contributed by atoms with Crippen molar-refractivity contribution in [3.8, 4) is 0 Å².